The summed E-state index contributed by atoms with van der Waals surface area (Å²) in [6.45, 7) is 8.95. The number of pyridine rings is 1. The maximum Gasteiger partial charge on any atom is 0.262 e. The van der Waals surface area contributed by atoms with E-state index in [0.29, 0.717) is 19.0 Å². The van der Waals surface area contributed by atoms with E-state index in [4.69, 9.17) is 19.2 Å². The van der Waals surface area contributed by atoms with Gasteiger partial charge in [0, 0.05) is 37.0 Å². The zero-order chi connectivity index (χ0) is 23.7. The Morgan fingerprint density at radius 2 is 1.76 bits per heavy atom. The summed E-state index contributed by atoms with van der Waals surface area (Å²) in [5.41, 5.74) is 4.85. The highest BCUT2D eigenvalue weighted by atomic mass is 16.7. The SMILES string of the molecule is Cc1cc(C)c(NC(=O)COc2cccc3ccc(N4CCC5(CC4)OCCO5)nc23)c(C)c1. The van der Waals surface area contributed by atoms with Gasteiger partial charge in [0.2, 0.25) is 0 Å². The van der Waals surface area contributed by atoms with Crippen molar-refractivity contribution < 1.29 is 19.0 Å². The molecule has 1 aromatic heterocycles. The number of carbonyl (C=O) groups excluding carboxylic acids is 1. The molecule has 0 atom stereocenters. The van der Waals surface area contributed by atoms with Crippen LogP contribution < -0.4 is 15.0 Å². The number of hydrogen-bond acceptors (Lipinski definition) is 6. The van der Waals surface area contributed by atoms with Crippen molar-refractivity contribution in [2.24, 2.45) is 0 Å². The van der Waals surface area contributed by atoms with Gasteiger partial charge in [-0.15, -0.1) is 0 Å². The average Bonchev–Trinajstić information content (AvgIpc) is 3.28. The minimum absolute atomic E-state index is 0.0846. The summed E-state index contributed by atoms with van der Waals surface area (Å²) in [5.74, 6) is 0.888. The molecule has 1 spiro atoms. The number of carbonyl (C=O) groups is 1. The van der Waals surface area contributed by atoms with Crippen molar-refractivity contribution in [3.05, 3.63) is 59.2 Å². The molecule has 7 nitrogen and oxygen atoms in total. The Kier molecular flexibility index (Phi) is 6.15. The van der Waals surface area contributed by atoms with Crippen molar-refractivity contribution in [2.45, 2.75) is 39.4 Å². The second-order valence-electron chi connectivity index (χ2n) is 9.20. The number of benzene rings is 2. The molecule has 2 aliphatic heterocycles. The Bertz CT molecular complexity index is 1190. The third-order valence-electron chi connectivity index (χ3n) is 6.63. The first-order valence-corrected chi connectivity index (χ1v) is 11.9. The fraction of sp³-hybridized carbons (Fsp3) is 0.407. The van der Waals surface area contributed by atoms with E-state index in [9.17, 15) is 4.79 Å². The van der Waals surface area contributed by atoms with Gasteiger partial charge in [-0.05, 0) is 50.1 Å². The fourth-order valence-electron chi connectivity index (χ4n) is 4.96. The third kappa shape index (κ3) is 4.58. The molecular formula is C27H31N3O4. The number of para-hydroxylation sites is 1. The number of hydrogen-bond donors (Lipinski definition) is 1. The van der Waals surface area contributed by atoms with Crippen molar-refractivity contribution >= 4 is 28.3 Å². The Labute approximate surface area is 200 Å². The summed E-state index contributed by atoms with van der Waals surface area (Å²) in [4.78, 5) is 19.8. The number of amides is 1. The first-order chi connectivity index (χ1) is 16.4. The van der Waals surface area contributed by atoms with Crippen molar-refractivity contribution in [1.82, 2.24) is 4.98 Å². The highest BCUT2D eigenvalue weighted by Gasteiger charge is 2.40. The molecule has 2 aromatic carbocycles. The Hall–Kier alpha value is -3.16. The van der Waals surface area contributed by atoms with Crippen LogP contribution in [0.4, 0.5) is 11.5 Å². The first-order valence-electron chi connectivity index (χ1n) is 11.9. The maximum atomic E-state index is 12.7. The van der Waals surface area contributed by atoms with Crippen LogP contribution in [0.2, 0.25) is 0 Å². The number of fused-ring (bicyclic) bond motifs is 1. The monoisotopic (exact) mass is 461 g/mol. The maximum absolute atomic E-state index is 12.7. The highest BCUT2D eigenvalue weighted by molar-refractivity contribution is 5.94. The summed E-state index contributed by atoms with van der Waals surface area (Å²) in [5, 5.41) is 3.97. The Morgan fingerprint density at radius 1 is 1.06 bits per heavy atom. The second-order valence-corrected chi connectivity index (χ2v) is 9.20. The summed E-state index contributed by atoms with van der Waals surface area (Å²) in [6.07, 6.45) is 1.64. The van der Waals surface area contributed by atoms with E-state index in [1.54, 1.807) is 0 Å². The van der Waals surface area contributed by atoms with Crippen LogP contribution in [0.3, 0.4) is 0 Å². The average molecular weight is 462 g/mol. The molecule has 2 aliphatic rings. The molecule has 2 fully saturated rings. The number of ether oxygens (including phenoxy) is 3. The van der Waals surface area contributed by atoms with E-state index >= 15 is 0 Å². The quantitative estimate of drug-likeness (QED) is 0.602. The topological polar surface area (TPSA) is 72.9 Å². The zero-order valence-corrected chi connectivity index (χ0v) is 20.0. The molecule has 0 radical (unpaired) electrons. The van der Waals surface area contributed by atoms with Gasteiger partial charge in [-0.1, -0.05) is 29.8 Å². The zero-order valence-electron chi connectivity index (χ0n) is 20.0. The first kappa shape index (κ1) is 22.6. The molecule has 34 heavy (non-hydrogen) atoms. The smallest absolute Gasteiger partial charge is 0.262 e. The third-order valence-corrected chi connectivity index (χ3v) is 6.63. The molecule has 0 unspecified atom stereocenters. The molecule has 3 aromatic rings. The summed E-state index contributed by atoms with van der Waals surface area (Å²) in [7, 11) is 0. The minimum Gasteiger partial charge on any atom is -0.481 e. The van der Waals surface area contributed by atoms with Gasteiger partial charge >= 0.3 is 0 Å². The van der Waals surface area contributed by atoms with Gasteiger partial charge in [0.15, 0.2) is 12.4 Å². The van der Waals surface area contributed by atoms with Gasteiger partial charge in [-0.2, -0.15) is 0 Å². The van der Waals surface area contributed by atoms with Crippen LogP contribution in [-0.2, 0) is 14.3 Å². The number of nitrogens with one attached hydrogen (secondary N) is 1. The highest BCUT2D eigenvalue weighted by Crippen LogP contribution is 2.34. The molecule has 2 saturated heterocycles. The predicted octanol–water partition coefficient (Wildman–Crippen LogP) is 4.52. The van der Waals surface area contributed by atoms with Gasteiger partial charge < -0.3 is 24.4 Å². The Balaban J connectivity index is 1.29. The number of aromatic nitrogens is 1. The summed E-state index contributed by atoms with van der Waals surface area (Å²) >= 11 is 0. The van der Waals surface area contributed by atoms with Crippen LogP contribution in [0.5, 0.6) is 5.75 Å². The fourth-order valence-corrected chi connectivity index (χ4v) is 4.96. The van der Waals surface area contributed by atoms with Crippen LogP contribution in [0, 0.1) is 20.8 Å². The molecule has 3 heterocycles. The van der Waals surface area contributed by atoms with Gasteiger partial charge in [0.1, 0.15) is 17.1 Å². The van der Waals surface area contributed by atoms with Crippen molar-refractivity contribution in [3.8, 4) is 5.75 Å². The Morgan fingerprint density at radius 3 is 2.47 bits per heavy atom. The van der Waals surface area contributed by atoms with Gasteiger partial charge in [0.25, 0.3) is 5.91 Å². The molecule has 1 amide bonds. The van der Waals surface area contributed by atoms with Crippen LogP contribution in [0.1, 0.15) is 29.5 Å². The van der Waals surface area contributed by atoms with E-state index in [-0.39, 0.29) is 12.5 Å². The molecule has 0 saturated carbocycles. The van der Waals surface area contributed by atoms with Crippen LogP contribution in [0.15, 0.2) is 42.5 Å². The molecule has 1 N–H and O–H groups in total. The number of rotatable bonds is 5. The lowest BCUT2D eigenvalue weighted by Gasteiger charge is -2.38. The molecule has 0 aliphatic carbocycles. The number of anilines is 2. The van der Waals surface area contributed by atoms with E-state index in [1.165, 1.54) is 5.56 Å². The number of nitrogens with zero attached hydrogens (tertiary/aromatic N) is 2. The summed E-state index contributed by atoms with van der Waals surface area (Å²) < 4.78 is 17.6. The van der Waals surface area contributed by atoms with E-state index in [2.05, 4.69) is 35.3 Å². The van der Waals surface area contributed by atoms with E-state index in [1.807, 2.05) is 38.1 Å². The lowest BCUT2D eigenvalue weighted by molar-refractivity contribution is -0.169. The minimum atomic E-state index is -0.414. The molecule has 0 bridgehead atoms. The van der Waals surface area contributed by atoms with E-state index < -0.39 is 5.79 Å². The summed E-state index contributed by atoms with van der Waals surface area (Å²) in [6, 6.07) is 14.0. The van der Waals surface area contributed by atoms with Crippen LogP contribution in [0.25, 0.3) is 10.9 Å². The normalized spacial score (nSPS) is 17.3. The van der Waals surface area contributed by atoms with Crippen molar-refractivity contribution in [2.75, 3.05) is 43.1 Å². The van der Waals surface area contributed by atoms with Gasteiger partial charge in [0.05, 0.1) is 13.2 Å². The largest absolute Gasteiger partial charge is 0.481 e. The molecule has 7 heteroatoms. The van der Waals surface area contributed by atoms with Gasteiger partial charge in [-0.25, -0.2) is 4.98 Å². The van der Waals surface area contributed by atoms with Crippen LogP contribution >= 0.6 is 0 Å². The van der Waals surface area contributed by atoms with Crippen molar-refractivity contribution in [3.63, 3.8) is 0 Å². The predicted molar refractivity (Wildman–Crippen MR) is 133 cm³/mol. The van der Waals surface area contributed by atoms with E-state index in [0.717, 1.165) is 59.5 Å². The standard InChI is InChI=1S/C27H31N3O4/c1-18-15-19(2)25(20(3)16-18)29-24(31)17-32-22-6-4-5-21-7-8-23(28-26(21)22)30-11-9-27(10-12-30)33-13-14-34-27/h4-8,15-16H,9-14,17H2,1-3H3,(H,29,31). The molecular weight excluding hydrogens is 430 g/mol. The lowest BCUT2D eigenvalue weighted by atomic mass is 10.0. The number of piperidine rings is 1. The number of aryl methyl sites for hydroxylation is 3. The lowest BCUT2D eigenvalue weighted by Crippen LogP contribution is -2.45. The van der Waals surface area contributed by atoms with Crippen LogP contribution in [-0.4, -0.2) is 49.6 Å². The molecule has 5 rings (SSSR count). The van der Waals surface area contributed by atoms with Crippen molar-refractivity contribution in [1.29, 1.82) is 0 Å². The second kappa shape index (κ2) is 9.24. The van der Waals surface area contributed by atoms with Gasteiger partial charge in [-0.3, -0.25) is 4.79 Å². The molecule has 178 valence electrons.